The number of halogens is 3. The first-order valence-electron chi connectivity index (χ1n) is 10.4. The van der Waals surface area contributed by atoms with Crippen molar-refractivity contribution in [3.05, 3.63) is 22.4 Å². The summed E-state index contributed by atoms with van der Waals surface area (Å²) in [6.07, 6.45) is -1.28. The van der Waals surface area contributed by atoms with Crippen molar-refractivity contribution >= 4 is 23.3 Å². The molecule has 0 bridgehead atoms. The van der Waals surface area contributed by atoms with Crippen LogP contribution in [-0.4, -0.2) is 66.7 Å². The Bertz CT molecular complexity index is 705. The van der Waals surface area contributed by atoms with Crippen molar-refractivity contribution in [3.63, 3.8) is 0 Å². The Morgan fingerprint density at radius 3 is 2.57 bits per heavy atom. The summed E-state index contributed by atoms with van der Waals surface area (Å²) >= 11 is 1.65. The summed E-state index contributed by atoms with van der Waals surface area (Å²) in [6.45, 7) is 3.56. The minimum absolute atomic E-state index is 0.0570. The van der Waals surface area contributed by atoms with Crippen LogP contribution in [0, 0.1) is 5.92 Å². The highest BCUT2D eigenvalue weighted by atomic mass is 32.1. The lowest BCUT2D eigenvalue weighted by Crippen LogP contribution is -2.52. The van der Waals surface area contributed by atoms with Gasteiger partial charge in [-0.2, -0.15) is 13.2 Å². The number of carbonyl (C=O) groups excluding carboxylic acids is 2. The Balaban J connectivity index is 1.58. The van der Waals surface area contributed by atoms with Crippen LogP contribution in [0.1, 0.15) is 43.5 Å². The average molecular weight is 447 g/mol. The molecular formula is C20H29F3N4O2S. The molecule has 0 radical (unpaired) electrons. The zero-order valence-electron chi connectivity index (χ0n) is 17.1. The number of nitrogens with zero attached hydrogens (tertiary/aromatic N) is 2. The number of amides is 3. The van der Waals surface area contributed by atoms with Gasteiger partial charge in [-0.15, -0.1) is 11.3 Å². The molecule has 0 aromatic carbocycles. The number of likely N-dealkylation sites (tertiary alicyclic amines) is 2. The molecule has 3 rings (SSSR count). The number of alkyl halides is 3. The number of rotatable bonds is 6. The van der Waals surface area contributed by atoms with E-state index >= 15 is 0 Å². The maximum Gasteiger partial charge on any atom is 0.405 e. The number of thiophene rings is 1. The summed E-state index contributed by atoms with van der Waals surface area (Å²) < 4.78 is 37.2. The second-order valence-corrected chi connectivity index (χ2v) is 9.10. The molecule has 2 fully saturated rings. The van der Waals surface area contributed by atoms with Crippen molar-refractivity contribution in [1.29, 1.82) is 0 Å². The number of hydrogen-bond acceptors (Lipinski definition) is 4. The van der Waals surface area contributed by atoms with Gasteiger partial charge in [-0.1, -0.05) is 13.0 Å². The number of urea groups is 1. The summed E-state index contributed by atoms with van der Waals surface area (Å²) in [6, 6.07) is 2.85. The molecule has 0 spiro atoms. The van der Waals surface area contributed by atoms with Crippen molar-refractivity contribution in [2.24, 2.45) is 5.92 Å². The zero-order valence-corrected chi connectivity index (χ0v) is 17.9. The van der Waals surface area contributed by atoms with Crippen molar-refractivity contribution < 1.29 is 22.8 Å². The monoisotopic (exact) mass is 446 g/mol. The Morgan fingerprint density at radius 1 is 1.20 bits per heavy atom. The number of hydrogen-bond donors (Lipinski definition) is 2. The van der Waals surface area contributed by atoms with E-state index in [0.29, 0.717) is 31.8 Å². The highest BCUT2D eigenvalue weighted by Gasteiger charge is 2.37. The third-order valence-corrected chi connectivity index (χ3v) is 6.83. The molecule has 3 amide bonds. The summed E-state index contributed by atoms with van der Waals surface area (Å²) in [5, 5.41) is 6.84. The van der Waals surface area contributed by atoms with Gasteiger partial charge in [0.2, 0.25) is 5.91 Å². The first kappa shape index (κ1) is 22.9. The normalized spacial score (nSPS) is 22.1. The lowest BCUT2D eigenvalue weighted by atomic mass is 9.97. The Kier molecular flexibility index (Phi) is 7.62. The van der Waals surface area contributed by atoms with Crippen LogP contribution in [0.15, 0.2) is 17.5 Å². The van der Waals surface area contributed by atoms with E-state index in [1.807, 2.05) is 16.8 Å². The SMILES string of the molecule is CC1CCN(C(CNC(=O)N2CCCC2C(=O)NCC(F)(F)F)c2cccs2)CC1. The molecule has 10 heteroatoms. The lowest BCUT2D eigenvalue weighted by molar-refractivity contribution is -0.140. The maximum atomic E-state index is 12.8. The van der Waals surface area contributed by atoms with E-state index < -0.39 is 30.7 Å². The molecule has 6 nitrogen and oxygen atoms in total. The third-order valence-electron chi connectivity index (χ3n) is 5.86. The lowest BCUT2D eigenvalue weighted by Gasteiger charge is -2.36. The van der Waals surface area contributed by atoms with Gasteiger partial charge in [-0.25, -0.2) is 4.79 Å². The molecule has 1 aromatic heterocycles. The summed E-state index contributed by atoms with van der Waals surface area (Å²) in [5.41, 5.74) is 0. The van der Waals surface area contributed by atoms with Crippen LogP contribution >= 0.6 is 11.3 Å². The van der Waals surface area contributed by atoms with E-state index in [1.165, 1.54) is 9.78 Å². The number of piperidine rings is 1. The molecule has 2 atom stereocenters. The molecule has 2 saturated heterocycles. The van der Waals surface area contributed by atoms with Crippen LogP contribution < -0.4 is 10.6 Å². The van der Waals surface area contributed by atoms with Gasteiger partial charge in [0, 0.05) is 18.0 Å². The summed E-state index contributed by atoms with van der Waals surface area (Å²) in [4.78, 5) is 29.8. The summed E-state index contributed by atoms with van der Waals surface area (Å²) in [5.74, 6) is -0.0554. The molecule has 2 unspecified atom stereocenters. The first-order chi connectivity index (χ1) is 14.2. The summed E-state index contributed by atoms with van der Waals surface area (Å²) in [7, 11) is 0. The van der Waals surface area contributed by atoms with Crippen LogP contribution in [-0.2, 0) is 4.79 Å². The molecule has 30 heavy (non-hydrogen) atoms. The Hall–Kier alpha value is -1.81. The molecule has 168 valence electrons. The Morgan fingerprint density at radius 2 is 1.93 bits per heavy atom. The van der Waals surface area contributed by atoms with E-state index in [9.17, 15) is 22.8 Å². The molecule has 1 aromatic rings. The smallest absolute Gasteiger partial charge is 0.345 e. The minimum Gasteiger partial charge on any atom is -0.345 e. The van der Waals surface area contributed by atoms with E-state index in [1.54, 1.807) is 11.3 Å². The van der Waals surface area contributed by atoms with Gasteiger partial charge < -0.3 is 15.5 Å². The van der Waals surface area contributed by atoms with Gasteiger partial charge in [-0.3, -0.25) is 9.69 Å². The topological polar surface area (TPSA) is 64.7 Å². The van der Waals surface area contributed by atoms with Gasteiger partial charge >= 0.3 is 12.2 Å². The van der Waals surface area contributed by atoms with Crippen LogP contribution in [0.4, 0.5) is 18.0 Å². The van der Waals surface area contributed by atoms with Gasteiger partial charge in [0.15, 0.2) is 0 Å². The molecule has 2 N–H and O–H groups in total. The largest absolute Gasteiger partial charge is 0.405 e. The number of nitrogens with one attached hydrogen (secondary N) is 2. The second kappa shape index (κ2) is 10.00. The fourth-order valence-electron chi connectivity index (χ4n) is 4.10. The van der Waals surface area contributed by atoms with Crippen LogP contribution in [0.25, 0.3) is 0 Å². The second-order valence-electron chi connectivity index (χ2n) is 8.12. The van der Waals surface area contributed by atoms with E-state index in [2.05, 4.69) is 23.2 Å². The average Bonchev–Trinajstić information content (AvgIpc) is 3.39. The highest BCUT2D eigenvalue weighted by molar-refractivity contribution is 7.10. The third kappa shape index (κ3) is 6.10. The predicted octanol–water partition coefficient (Wildman–Crippen LogP) is 3.37. The minimum atomic E-state index is -4.47. The van der Waals surface area contributed by atoms with Crippen LogP contribution in [0.5, 0.6) is 0 Å². The Labute approximate surface area is 178 Å². The first-order valence-corrected chi connectivity index (χ1v) is 11.3. The van der Waals surface area contributed by atoms with Crippen LogP contribution in [0.2, 0.25) is 0 Å². The molecule has 2 aliphatic heterocycles. The molecule has 0 aliphatic carbocycles. The predicted molar refractivity (Wildman–Crippen MR) is 109 cm³/mol. The number of carbonyl (C=O) groups is 2. The van der Waals surface area contributed by atoms with E-state index in [4.69, 9.17) is 0 Å². The fourth-order valence-corrected chi connectivity index (χ4v) is 4.96. The fraction of sp³-hybridized carbons (Fsp3) is 0.700. The van der Waals surface area contributed by atoms with Crippen LogP contribution in [0.3, 0.4) is 0 Å². The quantitative estimate of drug-likeness (QED) is 0.704. The standard InChI is InChI=1S/C20H29F3N4O2S/c1-14-6-9-26(10-7-14)16(17-5-3-11-30-17)12-24-19(29)27-8-2-4-15(27)18(28)25-13-20(21,22)23/h3,5,11,14-16H,2,4,6-10,12-13H2,1H3,(H,24,29)(H,25,28). The van der Waals surface area contributed by atoms with Gasteiger partial charge in [-0.05, 0) is 56.1 Å². The van der Waals surface area contributed by atoms with Gasteiger partial charge in [0.05, 0.1) is 6.04 Å². The van der Waals surface area contributed by atoms with Crippen molar-refractivity contribution in [3.8, 4) is 0 Å². The molecule has 0 saturated carbocycles. The maximum absolute atomic E-state index is 12.8. The molecule has 3 heterocycles. The van der Waals surface area contributed by atoms with E-state index in [-0.39, 0.29) is 6.04 Å². The van der Waals surface area contributed by atoms with Crippen molar-refractivity contribution in [1.82, 2.24) is 20.4 Å². The zero-order chi connectivity index (χ0) is 21.7. The molecule has 2 aliphatic rings. The van der Waals surface area contributed by atoms with Crippen molar-refractivity contribution in [2.75, 3.05) is 32.7 Å². The van der Waals surface area contributed by atoms with Crippen molar-refractivity contribution in [2.45, 2.75) is 50.9 Å². The molecular weight excluding hydrogens is 417 g/mol. The van der Waals surface area contributed by atoms with E-state index in [0.717, 1.165) is 25.9 Å². The highest BCUT2D eigenvalue weighted by Crippen LogP contribution is 2.29. The van der Waals surface area contributed by atoms with Gasteiger partial charge in [0.1, 0.15) is 12.6 Å². The van der Waals surface area contributed by atoms with Gasteiger partial charge in [0.25, 0.3) is 0 Å².